The van der Waals surface area contributed by atoms with Crippen LogP contribution in [0.5, 0.6) is 0 Å². The molecule has 0 bridgehead atoms. The van der Waals surface area contributed by atoms with Crippen LogP contribution >= 0.6 is 11.8 Å². The van der Waals surface area contributed by atoms with Gasteiger partial charge in [0, 0.05) is 7.05 Å². The van der Waals surface area contributed by atoms with Crippen LogP contribution in [-0.4, -0.2) is 19.7 Å². The van der Waals surface area contributed by atoms with Crippen molar-refractivity contribution in [3.8, 4) is 0 Å². The van der Waals surface area contributed by atoms with Crippen LogP contribution < -0.4 is 5.73 Å². The second kappa shape index (κ2) is 3.90. The number of rotatable bonds is 2. The number of aryl methyl sites for hydroxylation is 2. The lowest BCUT2D eigenvalue weighted by molar-refractivity contribution is 0.684. The second-order valence-corrected chi connectivity index (χ2v) is 4.11. The van der Waals surface area contributed by atoms with Crippen molar-refractivity contribution in [2.45, 2.75) is 17.1 Å². The highest BCUT2D eigenvalue weighted by atomic mass is 32.2. The Morgan fingerprint density at radius 3 is 2.80 bits per heavy atom. The molecule has 0 saturated carbocycles. The van der Waals surface area contributed by atoms with E-state index in [2.05, 4.69) is 15.1 Å². The summed E-state index contributed by atoms with van der Waals surface area (Å²) >= 11 is 1.48. The van der Waals surface area contributed by atoms with E-state index in [1.165, 1.54) is 18.1 Å². The first kappa shape index (κ1) is 9.97. The van der Waals surface area contributed by atoms with Crippen LogP contribution in [0.3, 0.4) is 0 Å². The Bertz CT molecular complexity index is 479. The maximum atomic E-state index is 5.63. The highest BCUT2D eigenvalue weighted by Gasteiger charge is 2.07. The smallest absolute Gasteiger partial charge is 0.192 e. The van der Waals surface area contributed by atoms with Gasteiger partial charge in [0.15, 0.2) is 5.16 Å². The van der Waals surface area contributed by atoms with Crippen LogP contribution in [0.25, 0.3) is 0 Å². The fourth-order valence-electron chi connectivity index (χ4n) is 1.16. The van der Waals surface area contributed by atoms with Crippen LogP contribution in [0.2, 0.25) is 0 Å². The van der Waals surface area contributed by atoms with Crippen LogP contribution in [0.4, 0.5) is 5.69 Å². The minimum atomic E-state index is 0.676. The van der Waals surface area contributed by atoms with Gasteiger partial charge in [0.25, 0.3) is 0 Å². The summed E-state index contributed by atoms with van der Waals surface area (Å²) in [6, 6.07) is 1.89. The summed E-state index contributed by atoms with van der Waals surface area (Å²) in [5.74, 6) is 0. The highest BCUT2D eigenvalue weighted by molar-refractivity contribution is 7.99. The van der Waals surface area contributed by atoms with Crippen LogP contribution in [-0.2, 0) is 7.05 Å². The third-order valence-corrected chi connectivity index (χ3v) is 3.08. The van der Waals surface area contributed by atoms with Crippen molar-refractivity contribution >= 4 is 17.4 Å². The van der Waals surface area contributed by atoms with E-state index in [0.717, 1.165) is 15.7 Å². The Morgan fingerprint density at radius 1 is 1.40 bits per heavy atom. The molecule has 5 nitrogen and oxygen atoms in total. The molecule has 15 heavy (non-hydrogen) atoms. The minimum absolute atomic E-state index is 0.676. The maximum Gasteiger partial charge on any atom is 0.192 e. The maximum absolute atomic E-state index is 5.63. The third kappa shape index (κ3) is 2.10. The Balaban J connectivity index is 2.29. The fraction of sp³-hybridized carbons (Fsp3) is 0.222. The zero-order valence-electron chi connectivity index (χ0n) is 8.51. The van der Waals surface area contributed by atoms with E-state index < -0.39 is 0 Å². The molecular formula is C9H11N5S. The van der Waals surface area contributed by atoms with Gasteiger partial charge in [0.2, 0.25) is 0 Å². The van der Waals surface area contributed by atoms with Crippen molar-refractivity contribution in [1.82, 2.24) is 19.7 Å². The molecule has 0 aliphatic rings. The summed E-state index contributed by atoms with van der Waals surface area (Å²) in [5, 5.41) is 5.71. The van der Waals surface area contributed by atoms with Gasteiger partial charge in [-0.15, -0.1) is 0 Å². The molecule has 0 spiro atoms. The van der Waals surface area contributed by atoms with Gasteiger partial charge in [0.05, 0.1) is 11.9 Å². The summed E-state index contributed by atoms with van der Waals surface area (Å²) in [7, 11) is 1.85. The van der Waals surface area contributed by atoms with E-state index in [1.807, 2.05) is 20.0 Å². The molecule has 2 aromatic rings. The molecule has 0 saturated heterocycles. The Labute approximate surface area is 91.7 Å². The lowest BCUT2D eigenvalue weighted by Crippen LogP contribution is -1.95. The summed E-state index contributed by atoms with van der Waals surface area (Å²) in [6.45, 7) is 1.97. The molecule has 0 aromatic carbocycles. The lowest BCUT2D eigenvalue weighted by Gasteiger charge is -2.03. The monoisotopic (exact) mass is 221 g/mol. The summed E-state index contributed by atoms with van der Waals surface area (Å²) in [6.07, 6.45) is 3.17. The normalized spacial score (nSPS) is 10.5. The van der Waals surface area contributed by atoms with Crippen molar-refractivity contribution in [3.63, 3.8) is 0 Å². The number of aromatic nitrogens is 4. The summed E-state index contributed by atoms with van der Waals surface area (Å²) < 4.78 is 1.71. The van der Waals surface area contributed by atoms with Gasteiger partial charge in [0.1, 0.15) is 11.4 Å². The highest BCUT2D eigenvalue weighted by Crippen LogP contribution is 2.26. The molecule has 2 heterocycles. The topological polar surface area (TPSA) is 69.6 Å². The number of pyridine rings is 1. The molecule has 0 fully saturated rings. The Hall–Kier alpha value is -1.56. The first-order valence-electron chi connectivity index (χ1n) is 4.41. The Morgan fingerprint density at radius 2 is 2.20 bits per heavy atom. The molecule has 0 unspecified atom stereocenters. The molecule has 0 radical (unpaired) electrons. The zero-order chi connectivity index (χ0) is 10.8. The number of nitrogens with two attached hydrogens (primary N) is 1. The largest absolute Gasteiger partial charge is 0.397 e. The number of nitrogen functional groups attached to an aromatic ring is 1. The van der Waals surface area contributed by atoms with E-state index in [1.54, 1.807) is 10.9 Å². The van der Waals surface area contributed by atoms with E-state index in [0.29, 0.717) is 5.69 Å². The second-order valence-electron chi connectivity index (χ2n) is 3.16. The molecule has 2 aromatic heterocycles. The average Bonchev–Trinajstić information content (AvgIpc) is 2.57. The first-order valence-corrected chi connectivity index (χ1v) is 5.22. The van der Waals surface area contributed by atoms with Gasteiger partial charge in [-0.25, -0.2) is 14.6 Å². The fourth-order valence-corrected chi connectivity index (χ4v) is 1.93. The molecule has 78 valence electrons. The van der Waals surface area contributed by atoms with Crippen molar-refractivity contribution in [2.24, 2.45) is 7.05 Å². The average molecular weight is 221 g/mol. The number of nitrogens with zero attached hydrogens (tertiary/aromatic N) is 4. The summed E-state index contributed by atoms with van der Waals surface area (Å²) in [4.78, 5) is 8.37. The molecule has 0 aliphatic heterocycles. The SMILES string of the molecule is Cc1cc(N)cnc1Sc1ncnn1C. The lowest BCUT2D eigenvalue weighted by atomic mass is 10.3. The van der Waals surface area contributed by atoms with E-state index >= 15 is 0 Å². The summed E-state index contributed by atoms with van der Waals surface area (Å²) in [5.41, 5.74) is 7.35. The number of hydrogen-bond donors (Lipinski definition) is 1. The zero-order valence-corrected chi connectivity index (χ0v) is 9.32. The van der Waals surface area contributed by atoms with Gasteiger partial charge in [-0.3, -0.25) is 0 Å². The van der Waals surface area contributed by atoms with Gasteiger partial charge in [-0.2, -0.15) is 5.10 Å². The molecule has 0 amide bonds. The van der Waals surface area contributed by atoms with E-state index in [9.17, 15) is 0 Å². The van der Waals surface area contributed by atoms with E-state index in [-0.39, 0.29) is 0 Å². The van der Waals surface area contributed by atoms with Gasteiger partial charge < -0.3 is 5.73 Å². The molecule has 0 atom stereocenters. The predicted octanol–water partition coefficient (Wildman–Crippen LogP) is 1.25. The predicted molar refractivity (Wildman–Crippen MR) is 58.5 cm³/mol. The molecule has 6 heteroatoms. The van der Waals surface area contributed by atoms with Crippen molar-refractivity contribution in [2.75, 3.05) is 5.73 Å². The standard InChI is InChI=1S/C9H11N5S/c1-6-3-7(10)4-11-8(6)15-9-12-5-13-14(9)2/h3-5H,10H2,1-2H3. The van der Waals surface area contributed by atoms with Crippen molar-refractivity contribution < 1.29 is 0 Å². The van der Waals surface area contributed by atoms with Gasteiger partial charge >= 0.3 is 0 Å². The number of hydrogen-bond acceptors (Lipinski definition) is 5. The molecule has 0 aliphatic carbocycles. The molecule has 2 N–H and O–H groups in total. The minimum Gasteiger partial charge on any atom is -0.397 e. The third-order valence-electron chi connectivity index (χ3n) is 1.91. The van der Waals surface area contributed by atoms with Crippen molar-refractivity contribution in [3.05, 3.63) is 24.2 Å². The van der Waals surface area contributed by atoms with Gasteiger partial charge in [-0.1, -0.05) is 0 Å². The number of anilines is 1. The van der Waals surface area contributed by atoms with Crippen LogP contribution in [0, 0.1) is 6.92 Å². The van der Waals surface area contributed by atoms with Crippen LogP contribution in [0.15, 0.2) is 28.8 Å². The van der Waals surface area contributed by atoms with Crippen molar-refractivity contribution in [1.29, 1.82) is 0 Å². The quantitative estimate of drug-likeness (QED) is 0.826. The Kier molecular flexibility index (Phi) is 2.59. The van der Waals surface area contributed by atoms with E-state index in [4.69, 9.17) is 5.73 Å². The first-order chi connectivity index (χ1) is 7.16. The van der Waals surface area contributed by atoms with Crippen LogP contribution in [0.1, 0.15) is 5.56 Å². The van der Waals surface area contributed by atoms with Gasteiger partial charge in [-0.05, 0) is 30.3 Å². The molecule has 2 rings (SSSR count). The molecular weight excluding hydrogens is 210 g/mol.